The van der Waals surface area contributed by atoms with Crippen molar-refractivity contribution in [1.29, 1.82) is 0 Å². The van der Waals surface area contributed by atoms with Gasteiger partial charge >= 0.3 is 0 Å². The predicted octanol–water partition coefficient (Wildman–Crippen LogP) is 5.76. The molecule has 4 rings (SSSR count). The maximum atomic E-state index is 13.6. The average molecular weight is 448 g/mol. The topological polar surface area (TPSA) is 59.8 Å². The second kappa shape index (κ2) is 8.79. The van der Waals surface area contributed by atoms with Gasteiger partial charge in [0.05, 0.1) is 23.1 Å². The van der Waals surface area contributed by atoms with E-state index in [1.54, 1.807) is 11.0 Å². The van der Waals surface area contributed by atoms with E-state index in [0.717, 1.165) is 11.1 Å². The molecule has 33 heavy (non-hydrogen) atoms. The fourth-order valence-electron chi connectivity index (χ4n) is 4.43. The van der Waals surface area contributed by atoms with Crippen LogP contribution in [0, 0.1) is 6.92 Å². The molecule has 2 aromatic carbocycles. The molecule has 0 bridgehead atoms. The highest BCUT2D eigenvalue weighted by atomic mass is 16.5. The van der Waals surface area contributed by atoms with E-state index >= 15 is 0 Å². The van der Waals surface area contributed by atoms with Crippen LogP contribution in [-0.4, -0.2) is 30.1 Å². The summed E-state index contributed by atoms with van der Waals surface area (Å²) in [5.41, 5.74) is 3.87. The van der Waals surface area contributed by atoms with Crippen molar-refractivity contribution < 1.29 is 13.9 Å². The van der Waals surface area contributed by atoms with Gasteiger partial charge in [0.15, 0.2) is 5.43 Å². The highest BCUT2D eigenvalue weighted by Crippen LogP contribution is 2.39. The van der Waals surface area contributed by atoms with Crippen molar-refractivity contribution in [3.8, 4) is 0 Å². The van der Waals surface area contributed by atoms with Gasteiger partial charge in [0.1, 0.15) is 5.58 Å². The van der Waals surface area contributed by atoms with Crippen LogP contribution in [0.25, 0.3) is 11.0 Å². The van der Waals surface area contributed by atoms with Crippen LogP contribution in [0.4, 0.5) is 0 Å². The van der Waals surface area contributed by atoms with Gasteiger partial charge < -0.3 is 14.1 Å². The molecular weight excluding hydrogens is 414 g/mol. The zero-order valence-corrected chi connectivity index (χ0v) is 20.4. The molecule has 0 N–H and O–H groups in total. The Morgan fingerprint density at radius 1 is 1.06 bits per heavy atom. The Balaban J connectivity index is 1.81. The minimum absolute atomic E-state index is 0.0164. The first-order chi connectivity index (χ1) is 15.6. The average Bonchev–Trinajstić information content (AvgIpc) is 3.03. The summed E-state index contributed by atoms with van der Waals surface area (Å²) in [7, 11) is 0. The molecule has 0 radical (unpaired) electrons. The van der Waals surface area contributed by atoms with Crippen LogP contribution in [0.5, 0.6) is 0 Å². The van der Waals surface area contributed by atoms with E-state index < -0.39 is 6.04 Å². The van der Waals surface area contributed by atoms with E-state index in [2.05, 4.69) is 32.9 Å². The molecule has 0 saturated heterocycles. The van der Waals surface area contributed by atoms with Crippen LogP contribution in [0.3, 0.4) is 0 Å². The minimum Gasteiger partial charge on any atom is -0.450 e. The second-order valence-corrected chi connectivity index (χ2v) is 10.2. The van der Waals surface area contributed by atoms with Crippen molar-refractivity contribution in [2.45, 2.75) is 65.5 Å². The van der Waals surface area contributed by atoms with Crippen molar-refractivity contribution in [3.63, 3.8) is 0 Å². The summed E-state index contributed by atoms with van der Waals surface area (Å²) in [4.78, 5) is 28.8. The SMILES string of the molecule is Cc1ccc2oc3c(c(=O)c2c1)[C@H](c1ccc(C(C)(C)C)cc1)N(CCCOC(C)C)C3=O. The van der Waals surface area contributed by atoms with E-state index in [1.165, 1.54) is 5.56 Å². The normalized spacial score (nSPS) is 16.2. The van der Waals surface area contributed by atoms with E-state index in [4.69, 9.17) is 9.15 Å². The molecule has 0 aliphatic carbocycles. The van der Waals surface area contributed by atoms with Gasteiger partial charge in [0.25, 0.3) is 5.91 Å². The van der Waals surface area contributed by atoms with Crippen molar-refractivity contribution in [2.75, 3.05) is 13.2 Å². The molecule has 5 heteroatoms. The summed E-state index contributed by atoms with van der Waals surface area (Å²) in [5.74, 6) is -0.0787. The molecular formula is C28H33NO4. The number of hydrogen-bond donors (Lipinski definition) is 0. The number of ether oxygens (including phenoxy) is 1. The Hall–Kier alpha value is -2.92. The van der Waals surface area contributed by atoms with Gasteiger partial charge in [-0.1, -0.05) is 56.7 Å². The molecule has 1 aromatic heterocycles. The molecule has 0 spiro atoms. The molecule has 1 aliphatic rings. The summed E-state index contributed by atoms with van der Waals surface area (Å²) >= 11 is 0. The summed E-state index contributed by atoms with van der Waals surface area (Å²) < 4.78 is 11.7. The number of amides is 1. The molecule has 1 atom stereocenters. The lowest BCUT2D eigenvalue weighted by atomic mass is 9.86. The lowest BCUT2D eigenvalue weighted by Gasteiger charge is -2.26. The number of nitrogens with zero attached hydrogens (tertiary/aromatic N) is 1. The van der Waals surface area contributed by atoms with Crippen molar-refractivity contribution >= 4 is 16.9 Å². The molecule has 0 fully saturated rings. The summed E-state index contributed by atoms with van der Waals surface area (Å²) in [6.45, 7) is 13.5. The quantitative estimate of drug-likeness (QED) is 0.451. The largest absolute Gasteiger partial charge is 0.450 e. The zero-order valence-electron chi connectivity index (χ0n) is 20.4. The Morgan fingerprint density at radius 2 is 1.76 bits per heavy atom. The Labute approximate surface area is 195 Å². The van der Waals surface area contributed by atoms with Crippen molar-refractivity contribution in [2.24, 2.45) is 0 Å². The van der Waals surface area contributed by atoms with Gasteiger partial charge in [-0.3, -0.25) is 9.59 Å². The molecule has 5 nitrogen and oxygen atoms in total. The van der Waals surface area contributed by atoms with Gasteiger partial charge in [-0.05, 0) is 55.9 Å². The Kier molecular flexibility index (Phi) is 6.19. The zero-order chi connectivity index (χ0) is 23.9. The van der Waals surface area contributed by atoms with E-state index in [9.17, 15) is 9.59 Å². The Morgan fingerprint density at radius 3 is 2.39 bits per heavy atom. The standard InChI is InChI=1S/C28H33NO4/c1-17(2)32-15-7-14-29-24(19-9-11-20(12-10-19)28(4,5)6)23-25(30)21-16-18(3)8-13-22(21)33-26(23)27(29)31/h8-13,16-17,24H,7,14-15H2,1-6H3/t24-/m0/s1. The molecule has 1 amide bonds. The van der Waals surface area contributed by atoms with Crippen LogP contribution < -0.4 is 5.43 Å². The van der Waals surface area contributed by atoms with Gasteiger partial charge in [0, 0.05) is 13.2 Å². The third-order valence-electron chi connectivity index (χ3n) is 6.21. The number of carbonyl (C=O) groups excluding carboxylic acids is 1. The highest BCUT2D eigenvalue weighted by Gasteiger charge is 2.42. The van der Waals surface area contributed by atoms with Crippen LogP contribution in [0.1, 0.15) is 79.9 Å². The Bertz CT molecular complexity index is 1230. The molecule has 0 saturated carbocycles. The highest BCUT2D eigenvalue weighted by molar-refractivity contribution is 5.99. The lowest BCUT2D eigenvalue weighted by Crippen LogP contribution is -2.31. The number of rotatable bonds is 6. The van der Waals surface area contributed by atoms with Gasteiger partial charge in [-0.25, -0.2) is 0 Å². The molecule has 1 aliphatic heterocycles. The number of fused-ring (bicyclic) bond motifs is 2. The first kappa shape index (κ1) is 23.2. The monoisotopic (exact) mass is 447 g/mol. The lowest BCUT2D eigenvalue weighted by molar-refractivity contribution is 0.0593. The maximum Gasteiger partial charge on any atom is 0.290 e. The van der Waals surface area contributed by atoms with E-state index in [0.29, 0.717) is 36.1 Å². The van der Waals surface area contributed by atoms with Crippen LogP contribution in [0.15, 0.2) is 51.7 Å². The van der Waals surface area contributed by atoms with Gasteiger partial charge in [-0.15, -0.1) is 0 Å². The number of benzene rings is 2. The second-order valence-electron chi connectivity index (χ2n) is 10.2. The third-order valence-corrected chi connectivity index (χ3v) is 6.21. The van der Waals surface area contributed by atoms with Gasteiger partial charge in [0.2, 0.25) is 5.76 Å². The van der Waals surface area contributed by atoms with Crippen LogP contribution in [0.2, 0.25) is 0 Å². The molecule has 2 heterocycles. The summed E-state index contributed by atoms with van der Waals surface area (Å²) in [6, 6.07) is 13.3. The first-order valence-electron chi connectivity index (χ1n) is 11.7. The van der Waals surface area contributed by atoms with E-state index in [1.807, 2.05) is 45.0 Å². The number of aryl methyl sites for hydroxylation is 1. The number of hydrogen-bond acceptors (Lipinski definition) is 4. The molecule has 3 aromatic rings. The third kappa shape index (κ3) is 4.47. The fourth-order valence-corrected chi connectivity index (χ4v) is 4.43. The minimum atomic E-state index is -0.471. The predicted molar refractivity (Wildman–Crippen MR) is 131 cm³/mol. The van der Waals surface area contributed by atoms with E-state index in [-0.39, 0.29) is 28.6 Å². The van der Waals surface area contributed by atoms with Crippen LogP contribution >= 0.6 is 0 Å². The molecule has 174 valence electrons. The fraction of sp³-hybridized carbons (Fsp3) is 0.429. The van der Waals surface area contributed by atoms with Crippen LogP contribution in [-0.2, 0) is 10.2 Å². The first-order valence-corrected chi connectivity index (χ1v) is 11.7. The van der Waals surface area contributed by atoms with Crippen molar-refractivity contribution in [1.82, 2.24) is 4.90 Å². The summed E-state index contributed by atoms with van der Waals surface area (Å²) in [5, 5.41) is 0.517. The van der Waals surface area contributed by atoms with Gasteiger partial charge in [-0.2, -0.15) is 0 Å². The molecule has 0 unspecified atom stereocenters. The smallest absolute Gasteiger partial charge is 0.290 e. The maximum absolute atomic E-state index is 13.6. The van der Waals surface area contributed by atoms with Crippen molar-refractivity contribution in [3.05, 3.63) is 80.7 Å². The summed E-state index contributed by atoms with van der Waals surface area (Å²) in [6.07, 6.45) is 0.815. The number of carbonyl (C=O) groups is 1.